The molecule has 0 radical (unpaired) electrons. The summed E-state index contributed by atoms with van der Waals surface area (Å²) in [5, 5.41) is 0. The Hall–Kier alpha value is -1.09. The number of hydrogen-bond donors (Lipinski definition) is 1. The highest BCUT2D eigenvalue weighted by Gasteiger charge is 2.18. The van der Waals surface area contributed by atoms with Crippen LogP contribution in [0, 0.1) is 0 Å². The van der Waals surface area contributed by atoms with Crippen LogP contribution in [0.25, 0.3) is 0 Å². The van der Waals surface area contributed by atoms with Crippen LogP contribution in [0.5, 0.6) is 0 Å². The third-order valence-electron chi connectivity index (χ3n) is 4.26. The van der Waals surface area contributed by atoms with Crippen LogP contribution in [0.3, 0.4) is 0 Å². The molecule has 0 aromatic carbocycles. The van der Waals surface area contributed by atoms with Gasteiger partial charge in [-0.05, 0) is 37.0 Å². The maximum atomic E-state index is 5.80. The van der Waals surface area contributed by atoms with Crippen molar-refractivity contribution in [3.05, 3.63) is 23.4 Å². The molecule has 19 heavy (non-hydrogen) atoms. The summed E-state index contributed by atoms with van der Waals surface area (Å²) in [7, 11) is 2.19. The number of hydrogen-bond acceptors (Lipinski definition) is 3. The Labute approximate surface area is 117 Å². The van der Waals surface area contributed by atoms with E-state index >= 15 is 0 Å². The topological polar surface area (TPSA) is 42.1 Å². The predicted molar refractivity (Wildman–Crippen MR) is 81.4 cm³/mol. The van der Waals surface area contributed by atoms with E-state index in [2.05, 4.69) is 31.0 Å². The van der Waals surface area contributed by atoms with Crippen molar-refractivity contribution in [2.45, 2.75) is 64.5 Å². The van der Waals surface area contributed by atoms with Crippen molar-refractivity contribution in [2.75, 3.05) is 11.9 Å². The normalized spacial score (nSPS) is 17.2. The molecular formula is C16H27N3. The molecular weight excluding hydrogens is 234 g/mol. The second kappa shape index (κ2) is 6.90. The van der Waals surface area contributed by atoms with Crippen LogP contribution in [0.15, 0.2) is 12.1 Å². The number of anilines is 1. The molecule has 0 saturated heterocycles. The summed E-state index contributed by atoms with van der Waals surface area (Å²) in [4.78, 5) is 7.15. The van der Waals surface area contributed by atoms with Crippen LogP contribution in [-0.4, -0.2) is 18.1 Å². The maximum Gasteiger partial charge on any atom is 0.129 e. The van der Waals surface area contributed by atoms with Crippen LogP contribution < -0.4 is 10.6 Å². The first kappa shape index (κ1) is 14.3. The van der Waals surface area contributed by atoms with Gasteiger partial charge in [-0.25, -0.2) is 4.98 Å². The van der Waals surface area contributed by atoms with E-state index in [0.29, 0.717) is 12.6 Å². The third kappa shape index (κ3) is 3.69. The van der Waals surface area contributed by atoms with E-state index in [1.165, 1.54) is 44.1 Å². The van der Waals surface area contributed by atoms with Gasteiger partial charge in [-0.15, -0.1) is 0 Å². The number of aryl methyl sites for hydroxylation is 1. The number of rotatable bonds is 4. The Kier molecular flexibility index (Phi) is 5.20. The van der Waals surface area contributed by atoms with Crippen LogP contribution in [0.1, 0.15) is 56.7 Å². The molecule has 0 amide bonds. The summed E-state index contributed by atoms with van der Waals surface area (Å²) >= 11 is 0. The summed E-state index contributed by atoms with van der Waals surface area (Å²) in [5.74, 6) is 1.10. The van der Waals surface area contributed by atoms with Crippen molar-refractivity contribution in [3.63, 3.8) is 0 Å². The molecule has 1 aliphatic carbocycles. The standard InChI is InChI=1S/C16H27N3/c1-3-14-10-13(12-17)11-16(18-14)19(2)15-8-6-4-5-7-9-15/h10-11,15H,3-9,12,17H2,1-2H3. The van der Waals surface area contributed by atoms with Gasteiger partial charge in [0.2, 0.25) is 0 Å². The first-order chi connectivity index (χ1) is 9.24. The highest BCUT2D eigenvalue weighted by molar-refractivity contribution is 5.43. The van der Waals surface area contributed by atoms with E-state index in [4.69, 9.17) is 10.7 Å². The lowest BCUT2D eigenvalue weighted by Gasteiger charge is -2.29. The van der Waals surface area contributed by atoms with Gasteiger partial charge in [-0.3, -0.25) is 0 Å². The minimum Gasteiger partial charge on any atom is -0.357 e. The summed E-state index contributed by atoms with van der Waals surface area (Å²) in [6.45, 7) is 2.75. The molecule has 2 N–H and O–H groups in total. The molecule has 1 aromatic heterocycles. The fourth-order valence-corrected chi connectivity index (χ4v) is 2.95. The Morgan fingerprint density at radius 1 is 1.21 bits per heavy atom. The summed E-state index contributed by atoms with van der Waals surface area (Å²) in [5.41, 5.74) is 8.15. The molecule has 3 heteroatoms. The van der Waals surface area contributed by atoms with Gasteiger partial charge in [0, 0.05) is 25.3 Å². The molecule has 1 aliphatic rings. The van der Waals surface area contributed by atoms with Gasteiger partial charge in [-0.2, -0.15) is 0 Å². The number of nitrogens with two attached hydrogens (primary N) is 1. The predicted octanol–water partition coefficient (Wildman–Crippen LogP) is 3.26. The van der Waals surface area contributed by atoms with E-state index in [0.717, 1.165) is 17.9 Å². The van der Waals surface area contributed by atoms with Gasteiger partial charge in [0.05, 0.1) is 0 Å². The molecule has 0 aliphatic heterocycles. The lowest BCUT2D eigenvalue weighted by atomic mass is 10.1. The third-order valence-corrected chi connectivity index (χ3v) is 4.26. The first-order valence-corrected chi connectivity index (χ1v) is 7.67. The molecule has 3 nitrogen and oxygen atoms in total. The Bertz CT molecular complexity index is 373. The molecule has 106 valence electrons. The lowest BCUT2D eigenvalue weighted by Crippen LogP contribution is -2.32. The highest BCUT2D eigenvalue weighted by Crippen LogP contribution is 2.25. The average molecular weight is 261 g/mol. The molecule has 0 atom stereocenters. The lowest BCUT2D eigenvalue weighted by molar-refractivity contribution is 0.548. The second-order valence-corrected chi connectivity index (χ2v) is 5.64. The molecule has 2 rings (SSSR count). The van der Waals surface area contributed by atoms with E-state index in [1.807, 2.05) is 0 Å². The van der Waals surface area contributed by atoms with Gasteiger partial charge >= 0.3 is 0 Å². The molecule has 1 aromatic rings. The van der Waals surface area contributed by atoms with Crippen molar-refractivity contribution in [1.29, 1.82) is 0 Å². The quantitative estimate of drug-likeness (QED) is 0.846. The van der Waals surface area contributed by atoms with E-state index in [9.17, 15) is 0 Å². The van der Waals surface area contributed by atoms with Gasteiger partial charge in [-0.1, -0.05) is 32.6 Å². The molecule has 1 saturated carbocycles. The van der Waals surface area contributed by atoms with Crippen LogP contribution in [0.2, 0.25) is 0 Å². The largest absolute Gasteiger partial charge is 0.357 e. The van der Waals surface area contributed by atoms with E-state index in [1.54, 1.807) is 0 Å². The van der Waals surface area contributed by atoms with Crippen LogP contribution in [-0.2, 0) is 13.0 Å². The maximum absolute atomic E-state index is 5.80. The fourth-order valence-electron chi connectivity index (χ4n) is 2.95. The summed E-state index contributed by atoms with van der Waals surface area (Å²) in [6.07, 6.45) is 9.05. The van der Waals surface area contributed by atoms with Crippen molar-refractivity contribution in [3.8, 4) is 0 Å². The van der Waals surface area contributed by atoms with E-state index in [-0.39, 0.29) is 0 Å². The minimum absolute atomic E-state index is 0.598. The number of nitrogens with zero attached hydrogens (tertiary/aromatic N) is 2. The molecule has 0 spiro atoms. The van der Waals surface area contributed by atoms with Gasteiger partial charge < -0.3 is 10.6 Å². The number of pyridine rings is 1. The SMILES string of the molecule is CCc1cc(CN)cc(N(C)C2CCCCCC2)n1. The van der Waals surface area contributed by atoms with Crippen LogP contribution >= 0.6 is 0 Å². The first-order valence-electron chi connectivity index (χ1n) is 7.67. The Balaban J connectivity index is 2.18. The minimum atomic E-state index is 0.598. The second-order valence-electron chi connectivity index (χ2n) is 5.64. The van der Waals surface area contributed by atoms with Crippen molar-refractivity contribution < 1.29 is 0 Å². The van der Waals surface area contributed by atoms with Crippen molar-refractivity contribution in [1.82, 2.24) is 4.98 Å². The summed E-state index contributed by atoms with van der Waals surface area (Å²) < 4.78 is 0. The molecule has 0 bridgehead atoms. The van der Waals surface area contributed by atoms with Crippen LogP contribution in [0.4, 0.5) is 5.82 Å². The zero-order valence-corrected chi connectivity index (χ0v) is 12.4. The summed E-state index contributed by atoms with van der Waals surface area (Å²) in [6, 6.07) is 4.93. The molecule has 0 unspecified atom stereocenters. The molecule has 1 heterocycles. The highest BCUT2D eigenvalue weighted by atomic mass is 15.2. The Morgan fingerprint density at radius 3 is 2.47 bits per heavy atom. The number of aromatic nitrogens is 1. The van der Waals surface area contributed by atoms with Gasteiger partial charge in [0.25, 0.3) is 0 Å². The van der Waals surface area contributed by atoms with Crippen molar-refractivity contribution >= 4 is 5.82 Å². The zero-order chi connectivity index (χ0) is 13.7. The monoisotopic (exact) mass is 261 g/mol. The van der Waals surface area contributed by atoms with Gasteiger partial charge in [0.1, 0.15) is 5.82 Å². The van der Waals surface area contributed by atoms with Gasteiger partial charge in [0.15, 0.2) is 0 Å². The fraction of sp³-hybridized carbons (Fsp3) is 0.688. The van der Waals surface area contributed by atoms with Crippen molar-refractivity contribution in [2.24, 2.45) is 5.73 Å². The average Bonchev–Trinajstić information content (AvgIpc) is 2.74. The van der Waals surface area contributed by atoms with E-state index < -0.39 is 0 Å². The molecule has 1 fully saturated rings. The Morgan fingerprint density at radius 2 is 1.89 bits per heavy atom. The zero-order valence-electron chi connectivity index (χ0n) is 12.4. The smallest absolute Gasteiger partial charge is 0.129 e.